The first-order chi connectivity index (χ1) is 15.7. The van der Waals surface area contributed by atoms with Crippen molar-refractivity contribution in [2.75, 3.05) is 19.6 Å². The molecule has 4 heterocycles. The topological polar surface area (TPSA) is 82.2 Å². The summed E-state index contributed by atoms with van der Waals surface area (Å²) in [4.78, 5) is 41.9. The number of carbonyl (C=O) groups is 1. The molecule has 0 radical (unpaired) electrons. The van der Waals surface area contributed by atoms with Crippen LogP contribution in [-0.2, 0) is 24.3 Å². The maximum atomic E-state index is 12.9. The minimum Gasteiger partial charge on any atom is -0.342 e. The van der Waals surface area contributed by atoms with Gasteiger partial charge in [0.1, 0.15) is 5.82 Å². The summed E-state index contributed by atoms with van der Waals surface area (Å²) in [5.74, 6) is 1.91. The van der Waals surface area contributed by atoms with Gasteiger partial charge < -0.3 is 9.88 Å². The van der Waals surface area contributed by atoms with E-state index in [4.69, 9.17) is 4.98 Å². The second-order valence-electron chi connectivity index (χ2n) is 9.71. The lowest BCUT2D eigenvalue weighted by Gasteiger charge is -2.28. The van der Waals surface area contributed by atoms with E-state index in [0.717, 1.165) is 67.5 Å². The predicted molar refractivity (Wildman–Crippen MR) is 122 cm³/mol. The average molecular weight is 436 g/mol. The molecule has 2 aliphatic heterocycles. The van der Waals surface area contributed by atoms with E-state index >= 15 is 0 Å². The van der Waals surface area contributed by atoms with Gasteiger partial charge in [0.15, 0.2) is 0 Å². The van der Waals surface area contributed by atoms with E-state index in [1.807, 2.05) is 17.2 Å². The molecule has 7 heteroatoms. The molecule has 2 fully saturated rings. The van der Waals surface area contributed by atoms with Crippen LogP contribution in [0.5, 0.6) is 0 Å². The van der Waals surface area contributed by atoms with Crippen molar-refractivity contribution in [3.8, 4) is 0 Å². The number of nitrogens with one attached hydrogen (secondary N) is 1. The maximum absolute atomic E-state index is 12.9. The zero-order chi connectivity index (χ0) is 21.9. The van der Waals surface area contributed by atoms with E-state index in [0.29, 0.717) is 19.5 Å². The van der Waals surface area contributed by atoms with Crippen LogP contribution in [0, 0.1) is 5.92 Å². The van der Waals surface area contributed by atoms with Gasteiger partial charge in [0.25, 0.3) is 5.56 Å². The van der Waals surface area contributed by atoms with Crippen LogP contribution in [0.3, 0.4) is 0 Å². The van der Waals surface area contributed by atoms with Gasteiger partial charge in [-0.2, -0.15) is 0 Å². The summed E-state index contributed by atoms with van der Waals surface area (Å²) < 4.78 is 0. The van der Waals surface area contributed by atoms with Gasteiger partial charge in [0.2, 0.25) is 5.91 Å². The van der Waals surface area contributed by atoms with Crippen LogP contribution in [0.4, 0.5) is 0 Å². The largest absolute Gasteiger partial charge is 0.342 e. The van der Waals surface area contributed by atoms with Crippen LogP contribution in [-0.4, -0.2) is 50.3 Å². The van der Waals surface area contributed by atoms with E-state index in [9.17, 15) is 9.59 Å². The second kappa shape index (κ2) is 9.53. The molecule has 2 aromatic heterocycles. The monoisotopic (exact) mass is 435 g/mol. The number of aromatic amines is 1. The molecule has 7 nitrogen and oxygen atoms in total. The van der Waals surface area contributed by atoms with Gasteiger partial charge >= 0.3 is 0 Å². The van der Waals surface area contributed by atoms with Crippen molar-refractivity contribution in [2.24, 2.45) is 5.92 Å². The van der Waals surface area contributed by atoms with Crippen molar-refractivity contribution in [2.45, 2.75) is 70.4 Å². The number of H-pyrrole nitrogens is 1. The highest BCUT2D eigenvalue weighted by atomic mass is 16.2. The molecule has 2 aromatic rings. The third kappa shape index (κ3) is 4.77. The number of pyridine rings is 1. The van der Waals surface area contributed by atoms with Gasteiger partial charge in [0.05, 0.1) is 11.3 Å². The molecule has 1 saturated carbocycles. The molecule has 1 aliphatic carbocycles. The maximum Gasteiger partial charge on any atom is 0.255 e. The van der Waals surface area contributed by atoms with Crippen molar-refractivity contribution in [1.29, 1.82) is 0 Å². The van der Waals surface area contributed by atoms with E-state index in [1.165, 1.54) is 25.7 Å². The standard InChI is InChI=1S/C25H33N5O2/c31-23(8-7-18-4-1-2-5-18)30-13-9-20(16-30)24-27-22-10-12-29(17-21(22)25(32)28-24)15-19-6-3-11-26-14-19/h3,6,11,14,18,20H,1-2,4-5,7-10,12-13,15-17H2,(H,27,28,32). The Morgan fingerprint density at radius 2 is 2.06 bits per heavy atom. The van der Waals surface area contributed by atoms with Crippen molar-refractivity contribution in [1.82, 2.24) is 24.8 Å². The summed E-state index contributed by atoms with van der Waals surface area (Å²) in [6, 6.07) is 4.01. The highest BCUT2D eigenvalue weighted by Gasteiger charge is 2.31. The molecule has 170 valence electrons. The molecule has 0 bridgehead atoms. The summed E-state index contributed by atoms with van der Waals surface area (Å²) in [7, 11) is 0. The number of amides is 1. The summed E-state index contributed by atoms with van der Waals surface area (Å²) in [6.45, 7) is 3.73. The Morgan fingerprint density at radius 3 is 2.88 bits per heavy atom. The van der Waals surface area contributed by atoms with Crippen molar-refractivity contribution in [3.05, 3.63) is 57.5 Å². The molecule has 1 amide bonds. The fourth-order valence-corrected chi connectivity index (χ4v) is 5.57. The number of aromatic nitrogens is 3. The van der Waals surface area contributed by atoms with Crippen molar-refractivity contribution >= 4 is 5.91 Å². The third-order valence-corrected chi connectivity index (χ3v) is 7.46. The second-order valence-corrected chi connectivity index (χ2v) is 9.71. The molecule has 32 heavy (non-hydrogen) atoms. The Hall–Kier alpha value is -2.54. The molecular weight excluding hydrogens is 402 g/mol. The summed E-state index contributed by atoms with van der Waals surface area (Å²) >= 11 is 0. The molecule has 0 spiro atoms. The highest BCUT2D eigenvalue weighted by Crippen LogP contribution is 2.30. The molecule has 0 aromatic carbocycles. The van der Waals surface area contributed by atoms with Crippen LogP contribution >= 0.6 is 0 Å². The van der Waals surface area contributed by atoms with E-state index in [1.54, 1.807) is 6.20 Å². The van der Waals surface area contributed by atoms with Crippen LogP contribution < -0.4 is 5.56 Å². The predicted octanol–water partition coefficient (Wildman–Crippen LogP) is 3.01. The minimum absolute atomic E-state index is 0.0214. The molecular formula is C25H33N5O2. The molecule has 1 saturated heterocycles. The van der Waals surface area contributed by atoms with Gasteiger partial charge in [-0.1, -0.05) is 31.7 Å². The summed E-state index contributed by atoms with van der Waals surface area (Å²) in [6.07, 6.45) is 12.2. The van der Waals surface area contributed by atoms with E-state index in [-0.39, 0.29) is 17.4 Å². The zero-order valence-corrected chi connectivity index (χ0v) is 18.8. The van der Waals surface area contributed by atoms with Crippen molar-refractivity contribution in [3.63, 3.8) is 0 Å². The average Bonchev–Trinajstić information content (AvgIpc) is 3.51. The fraction of sp³-hybridized carbons (Fsp3) is 0.600. The van der Waals surface area contributed by atoms with Gasteiger partial charge in [-0.3, -0.25) is 19.5 Å². The van der Waals surface area contributed by atoms with Gasteiger partial charge in [0, 0.05) is 63.9 Å². The molecule has 1 atom stereocenters. The number of hydrogen-bond acceptors (Lipinski definition) is 5. The first-order valence-electron chi connectivity index (χ1n) is 12.2. The van der Waals surface area contributed by atoms with E-state index < -0.39 is 0 Å². The first-order valence-corrected chi connectivity index (χ1v) is 12.2. The SMILES string of the molecule is O=C(CCC1CCCC1)N1CCC(c2nc3c(c(=O)[nH]2)CN(Cc2cccnc2)CC3)C1. The Morgan fingerprint density at radius 1 is 1.19 bits per heavy atom. The van der Waals surface area contributed by atoms with Crippen molar-refractivity contribution < 1.29 is 4.79 Å². The molecule has 1 unspecified atom stereocenters. The lowest BCUT2D eigenvalue weighted by Crippen LogP contribution is -2.36. The third-order valence-electron chi connectivity index (χ3n) is 7.46. The number of nitrogens with zero attached hydrogens (tertiary/aromatic N) is 4. The molecule has 5 rings (SSSR count). The Kier molecular flexibility index (Phi) is 6.35. The number of fused-ring (bicyclic) bond motifs is 1. The van der Waals surface area contributed by atoms with Gasteiger partial charge in [-0.15, -0.1) is 0 Å². The number of hydrogen-bond donors (Lipinski definition) is 1. The summed E-state index contributed by atoms with van der Waals surface area (Å²) in [5, 5.41) is 0. The van der Waals surface area contributed by atoms with E-state index in [2.05, 4.69) is 20.9 Å². The smallest absolute Gasteiger partial charge is 0.255 e. The molecule has 1 N–H and O–H groups in total. The Bertz CT molecular complexity index is 999. The normalized spacial score (nSPS) is 21.8. The molecule has 3 aliphatic rings. The highest BCUT2D eigenvalue weighted by molar-refractivity contribution is 5.76. The quantitative estimate of drug-likeness (QED) is 0.754. The Balaban J connectivity index is 1.20. The first kappa shape index (κ1) is 21.3. The summed E-state index contributed by atoms with van der Waals surface area (Å²) in [5.41, 5.74) is 2.84. The number of rotatable bonds is 6. The number of carbonyl (C=O) groups excluding carboxylic acids is 1. The van der Waals surface area contributed by atoms with Gasteiger partial charge in [-0.05, 0) is 30.4 Å². The lowest BCUT2D eigenvalue weighted by molar-refractivity contribution is -0.130. The minimum atomic E-state index is -0.0214. The van der Waals surface area contributed by atoms with Crippen LogP contribution in [0.2, 0.25) is 0 Å². The van der Waals surface area contributed by atoms with Gasteiger partial charge in [-0.25, -0.2) is 4.98 Å². The van der Waals surface area contributed by atoms with Crippen LogP contribution in [0.25, 0.3) is 0 Å². The fourth-order valence-electron chi connectivity index (χ4n) is 5.57. The Labute approximate surface area is 189 Å². The number of likely N-dealkylation sites (tertiary alicyclic amines) is 1. The van der Waals surface area contributed by atoms with Crippen LogP contribution in [0.15, 0.2) is 29.3 Å². The zero-order valence-electron chi connectivity index (χ0n) is 18.8. The lowest BCUT2D eigenvalue weighted by atomic mass is 10.0. The van der Waals surface area contributed by atoms with Crippen LogP contribution in [0.1, 0.15) is 73.5 Å².